The second-order valence-electron chi connectivity index (χ2n) is 7.30. The van der Waals surface area contributed by atoms with E-state index in [1.807, 2.05) is 43.3 Å². The molecule has 0 aliphatic carbocycles. The summed E-state index contributed by atoms with van der Waals surface area (Å²) in [5, 5.41) is 3.29. The highest BCUT2D eigenvalue weighted by atomic mass is 16.5. The lowest BCUT2D eigenvalue weighted by Crippen LogP contribution is -2.31. The van der Waals surface area contributed by atoms with Crippen molar-refractivity contribution in [1.29, 1.82) is 0 Å². The van der Waals surface area contributed by atoms with Crippen LogP contribution in [0.2, 0.25) is 0 Å². The summed E-state index contributed by atoms with van der Waals surface area (Å²) in [4.78, 5) is 35.3. The minimum Gasteiger partial charge on any atom is -0.481 e. The highest BCUT2D eigenvalue weighted by Gasteiger charge is 2.25. The van der Waals surface area contributed by atoms with Crippen LogP contribution in [0.5, 0.6) is 5.88 Å². The van der Waals surface area contributed by atoms with Crippen LogP contribution in [0.15, 0.2) is 47.5 Å². The molecule has 2 aromatic heterocycles. The van der Waals surface area contributed by atoms with Gasteiger partial charge in [-0.25, -0.2) is 4.98 Å². The van der Waals surface area contributed by atoms with E-state index < -0.39 is 0 Å². The van der Waals surface area contributed by atoms with E-state index in [9.17, 15) is 9.59 Å². The molecule has 2 N–H and O–H groups in total. The largest absolute Gasteiger partial charge is 0.481 e. The van der Waals surface area contributed by atoms with Gasteiger partial charge in [0.05, 0.1) is 7.11 Å². The molecule has 1 aliphatic heterocycles. The van der Waals surface area contributed by atoms with E-state index in [4.69, 9.17) is 4.74 Å². The van der Waals surface area contributed by atoms with Gasteiger partial charge in [0, 0.05) is 55.8 Å². The third-order valence-corrected chi connectivity index (χ3v) is 4.77. The third kappa shape index (κ3) is 5.45. The van der Waals surface area contributed by atoms with Gasteiger partial charge in [-0.1, -0.05) is 6.08 Å². The summed E-state index contributed by atoms with van der Waals surface area (Å²) >= 11 is 0. The number of pyridine rings is 2. The maximum absolute atomic E-state index is 12.3. The second kappa shape index (κ2) is 9.38. The number of nitrogens with zero attached hydrogens (tertiary/aromatic N) is 3. The van der Waals surface area contributed by atoms with Gasteiger partial charge < -0.3 is 24.8 Å². The summed E-state index contributed by atoms with van der Waals surface area (Å²) in [5.74, 6) is 0.512. The standard InChI is InChI=1S/C21H27N5O3/c1-25(2)9-4-5-20(27)26-10-7-17(14-26)24-18-11-16(13-23-21(18)28)15-6-8-22-19(12-15)29-3/h4-6,8,11-13,17,24H,7,9-10,14H2,1-3H3,(H,23,28)/b5-4+/t17-/m1/s1. The van der Waals surface area contributed by atoms with Gasteiger partial charge in [-0.05, 0) is 38.2 Å². The summed E-state index contributed by atoms with van der Waals surface area (Å²) in [6, 6.07) is 5.52. The molecule has 154 valence electrons. The lowest BCUT2D eigenvalue weighted by atomic mass is 10.1. The zero-order valence-corrected chi connectivity index (χ0v) is 17.0. The van der Waals surface area contributed by atoms with Crippen LogP contribution in [0.1, 0.15) is 6.42 Å². The van der Waals surface area contributed by atoms with E-state index in [2.05, 4.69) is 15.3 Å². The Balaban J connectivity index is 1.67. The Morgan fingerprint density at radius 2 is 2.24 bits per heavy atom. The molecule has 8 nitrogen and oxygen atoms in total. The molecular weight excluding hydrogens is 370 g/mol. The number of hydrogen-bond donors (Lipinski definition) is 2. The van der Waals surface area contributed by atoms with Crippen molar-refractivity contribution in [2.45, 2.75) is 12.5 Å². The molecule has 1 fully saturated rings. The van der Waals surface area contributed by atoms with Gasteiger partial charge in [-0.3, -0.25) is 9.59 Å². The summed E-state index contributed by atoms with van der Waals surface area (Å²) in [6.07, 6.45) is 7.60. The number of aromatic nitrogens is 2. The molecule has 29 heavy (non-hydrogen) atoms. The number of aromatic amines is 1. The molecule has 3 rings (SSSR count). The Labute approximate surface area is 170 Å². The first-order valence-corrected chi connectivity index (χ1v) is 9.56. The minimum absolute atomic E-state index is 0.00249. The van der Waals surface area contributed by atoms with Gasteiger partial charge in [0.15, 0.2) is 0 Å². The van der Waals surface area contributed by atoms with Crippen LogP contribution in [-0.4, -0.2) is 72.6 Å². The number of likely N-dealkylation sites (tertiary alicyclic amines) is 1. The van der Waals surface area contributed by atoms with Crippen molar-refractivity contribution < 1.29 is 9.53 Å². The monoisotopic (exact) mass is 397 g/mol. The van der Waals surface area contributed by atoms with Crippen LogP contribution >= 0.6 is 0 Å². The molecule has 0 aromatic carbocycles. The average Bonchev–Trinajstić information content (AvgIpc) is 3.18. The minimum atomic E-state index is -0.189. The number of methoxy groups -OCH3 is 1. The molecule has 0 radical (unpaired) electrons. The number of anilines is 1. The number of hydrogen-bond acceptors (Lipinski definition) is 6. The van der Waals surface area contributed by atoms with E-state index in [0.29, 0.717) is 24.7 Å². The molecule has 8 heteroatoms. The van der Waals surface area contributed by atoms with E-state index in [1.54, 1.807) is 30.5 Å². The zero-order chi connectivity index (χ0) is 20.8. The van der Waals surface area contributed by atoms with Crippen LogP contribution in [0.4, 0.5) is 5.69 Å². The number of rotatable bonds is 7. The molecule has 0 spiro atoms. The fraction of sp³-hybridized carbons (Fsp3) is 0.381. The maximum atomic E-state index is 12.3. The van der Waals surface area contributed by atoms with E-state index in [-0.39, 0.29) is 17.5 Å². The number of amides is 1. The van der Waals surface area contributed by atoms with E-state index in [0.717, 1.165) is 24.1 Å². The molecule has 2 aromatic rings. The van der Waals surface area contributed by atoms with E-state index in [1.165, 1.54) is 0 Å². The Morgan fingerprint density at radius 3 is 3.00 bits per heavy atom. The Morgan fingerprint density at radius 1 is 1.41 bits per heavy atom. The molecule has 1 atom stereocenters. The molecular formula is C21H27N5O3. The SMILES string of the molecule is COc1cc(-c2c[nH]c(=O)c(N[C@@H]3CCN(C(=O)/C=C/CN(C)C)C3)c2)ccn1. The summed E-state index contributed by atoms with van der Waals surface area (Å²) in [7, 11) is 5.48. The fourth-order valence-corrected chi connectivity index (χ4v) is 3.23. The van der Waals surface area contributed by atoms with Crippen LogP contribution in [0, 0.1) is 0 Å². The van der Waals surface area contributed by atoms with E-state index >= 15 is 0 Å². The zero-order valence-electron chi connectivity index (χ0n) is 17.0. The van der Waals surface area contributed by atoms with Crippen molar-refractivity contribution >= 4 is 11.6 Å². The van der Waals surface area contributed by atoms with Gasteiger partial charge in [-0.2, -0.15) is 0 Å². The first-order chi connectivity index (χ1) is 14.0. The average molecular weight is 397 g/mol. The number of carbonyl (C=O) groups excluding carboxylic acids is 1. The van der Waals surface area contributed by atoms with Gasteiger partial charge >= 0.3 is 0 Å². The molecule has 1 amide bonds. The molecule has 0 unspecified atom stereocenters. The number of likely N-dealkylation sites (N-methyl/N-ethyl adjacent to an activating group) is 1. The van der Waals surface area contributed by atoms with Crippen molar-refractivity contribution in [3.63, 3.8) is 0 Å². The predicted molar refractivity (Wildman–Crippen MR) is 113 cm³/mol. The maximum Gasteiger partial charge on any atom is 0.271 e. The first kappa shape index (κ1) is 20.6. The first-order valence-electron chi connectivity index (χ1n) is 9.56. The Bertz CT molecular complexity index is 938. The molecule has 0 saturated carbocycles. The Hall–Kier alpha value is -3.13. The van der Waals surface area contributed by atoms with Gasteiger partial charge in [0.1, 0.15) is 5.69 Å². The third-order valence-electron chi connectivity index (χ3n) is 4.77. The van der Waals surface area contributed by atoms with Crippen molar-refractivity contribution in [2.24, 2.45) is 0 Å². The van der Waals surface area contributed by atoms with Crippen LogP contribution in [0.3, 0.4) is 0 Å². The smallest absolute Gasteiger partial charge is 0.271 e. The number of H-pyrrole nitrogens is 1. The normalized spacial score (nSPS) is 16.6. The Kier molecular flexibility index (Phi) is 6.66. The van der Waals surface area contributed by atoms with Crippen LogP contribution < -0.4 is 15.6 Å². The lowest BCUT2D eigenvalue weighted by molar-refractivity contribution is -0.125. The van der Waals surface area contributed by atoms with Crippen molar-refractivity contribution in [2.75, 3.05) is 46.2 Å². The number of carbonyl (C=O) groups is 1. The summed E-state index contributed by atoms with van der Waals surface area (Å²) in [5.41, 5.74) is 2.04. The van der Waals surface area contributed by atoms with Crippen molar-refractivity contribution in [1.82, 2.24) is 19.8 Å². The topological polar surface area (TPSA) is 90.6 Å². The quantitative estimate of drug-likeness (QED) is 0.690. The predicted octanol–water partition coefficient (Wildman–Crippen LogP) is 1.58. The van der Waals surface area contributed by atoms with Crippen LogP contribution in [-0.2, 0) is 4.79 Å². The lowest BCUT2D eigenvalue weighted by Gasteiger charge is -2.16. The van der Waals surface area contributed by atoms with Gasteiger partial charge in [0.25, 0.3) is 5.56 Å². The molecule has 1 aliphatic rings. The number of ether oxygens (including phenoxy) is 1. The summed E-state index contributed by atoms with van der Waals surface area (Å²) < 4.78 is 5.17. The number of nitrogens with one attached hydrogen (secondary N) is 2. The van der Waals surface area contributed by atoms with Gasteiger partial charge in [-0.15, -0.1) is 0 Å². The molecule has 0 bridgehead atoms. The molecule has 3 heterocycles. The summed E-state index contributed by atoms with van der Waals surface area (Å²) in [6.45, 7) is 1.96. The van der Waals surface area contributed by atoms with Gasteiger partial charge in [0.2, 0.25) is 11.8 Å². The second-order valence-corrected chi connectivity index (χ2v) is 7.30. The van der Waals surface area contributed by atoms with Crippen LogP contribution in [0.25, 0.3) is 11.1 Å². The van der Waals surface area contributed by atoms with Crippen molar-refractivity contribution in [3.8, 4) is 17.0 Å². The molecule has 1 saturated heterocycles. The fourth-order valence-electron chi connectivity index (χ4n) is 3.23. The highest BCUT2D eigenvalue weighted by Crippen LogP contribution is 2.23. The highest BCUT2D eigenvalue weighted by molar-refractivity contribution is 5.87. The van der Waals surface area contributed by atoms with Crippen molar-refractivity contribution in [3.05, 3.63) is 53.1 Å².